The molecule has 4 fully saturated rings. The van der Waals surface area contributed by atoms with E-state index in [-0.39, 0.29) is 36.3 Å². The van der Waals surface area contributed by atoms with E-state index in [4.69, 9.17) is 14.1 Å². The fourth-order valence-electron chi connectivity index (χ4n) is 7.13. The highest BCUT2D eigenvalue weighted by Gasteiger charge is 2.62. The van der Waals surface area contributed by atoms with E-state index in [1.807, 2.05) is 17.5 Å². The minimum absolute atomic E-state index is 0.0438. The second-order valence-corrected chi connectivity index (χ2v) is 18.1. The van der Waals surface area contributed by atoms with E-state index in [0.717, 1.165) is 37.8 Å². The number of rotatable bonds is 7. The molecule has 3 amide bonds. The number of carbonyl (C=O) groups excluding carboxylic acids is 3. The Bertz CT molecular complexity index is 1830. The van der Waals surface area contributed by atoms with Crippen molar-refractivity contribution in [1.29, 1.82) is 0 Å². The normalized spacial score (nSPS) is 28.2. The van der Waals surface area contributed by atoms with E-state index >= 15 is 0 Å². The first kappa shape index (κ1) is 34.7. The van der Waals surface area contributed by atoms with Crippen LogP contribution in [0.5, 0.6) is 6.08 Å². The van der Waals surface area contributed by atoms with Crippen LogP contribution in [0.3, 0.4) is 0 Å². The molecule has 50 heavy (non-hydrogen) atoms. The number of amides is 3. The van der Waals surface area contributed by atoms with E-state index in [1.165, 1.54) is 16.2 Å². The number of para-hydroxylation sites is 2. The van der Waals surface area contributed by atoms with Crippen LogP contribution in [0.1, 0.15) is 97.1 Å². The maximum absolute atomic E-state index is 14.5. The van der Waals surface area contributed by atoms with Gasteiger partial charge in [-0.2, -0.15) is 4.98 Å². The summed E-state index contributed by atoms with van der Waals surface area (Å²) in [7, 11) is -3.82. The van der Waals surface area contributed by atoms with Crippen molar-refractivity contribution in [3.63, 3.8) is 0 Å². The monoisotopic (exact) mass is 726 g/mol. The van der Waals surface area contributed by atoms with Crippen molar-refractivity contribution in [2.45, 2.75) is 126 Å². The molecule has 0 radical (unpaired) electrons. The summed E-state index contributed by atoms with van der Waals surface area (Å²) in [6, 6.07) is 5.65. The first-order chi connectivity index (χ1) is 23.8. The number of thiazole rings is 1. The largest absolute Gasteiger partial charge is 0.445 e. The van der Waals surface area contributed by atoms with E-state index < -0.39 is 50.8 Å². The van der Waals surface area contributed by atoms with Crippen LogP contribution in [0.4, 0.5) is 5.13 Å². The van der Waals surface area contributed by atoms with Gasteiger partial charge in [0.1, 0.15) is 29.2 Å². The molecular formula is C35H46N6O7S2. The van der Waals surface area contributed by atoms with Gasteiger partial charge >= 0.3 is 6.08 Å². The molecule has 0 unspecified atom stereocenters. The Labute approximate surface area is 296 Å². The first-order valence-electron chi connectivity index (χ1n) is 17.8. The van der Waals surface area contributed by atoms with Crippen molar-refractivity contribution in [2.24, 2.45) is 5.92 Å². The third-order valence-electron chi connectivity index (χ3n) is 10.4. The number of nitrogens with one attached hydrogen (secondary N) is 3. The zero-order valence-corrected chi connectivity index (χ0v) is 30.4. The van der Waals surface area contributed by atoms with E-state index in [0.29, 0.717) is 48.3 Å². The second kappa shape index (κ2) is 13.4. The zero-order valence-electron chi connectivity index (χ0n) is 28.8. The van der Waals surface area contributed by atoms with Crippen LogP contribution in [-0.2, 0) is 29.8 Å². The quantitative estimate of drug-likeness (QED) is 0.312. The zero-order chi connectivity index (χ0) is 35.3. The molecular weight excluding hydrogens is 681 g/mol. The lowest BCUT2D eigenvalue weighted by molar-refractivity contribution is -0.140. The van der Waals surface area contributed by atoms with Gasteiger partial charge in [0.05, 0.1) is 17.5 Å². The molecule has 3 N–H and O–H groups in total. The maximum atomic E-state index is 14.5. The van der Waals surface area contributed by atoms with Crippen LogP contribution in [0.25, 0.3) is 11.1 Å². The van der Waals surface area contributed by atoms with Crippen molar-refractivity contribution in [3.8, 4) is 6.08 Å². The molecule has 15 heteroatoms. The van der Waals surface area contributed by atoms with Gasteiger partial charge in [-0.05, 0) is 50.2 Å². The van der Waals surface area contributed by atoms with Crippen molar-refractivity contribution in [1.82, 2.24) is 24.9 Å². The third-order valence-corrected chi connectivity index (χ3v) is 13.0. The maximum Gasteiger partial charge on any atom is 0.394 e. The predicted octanol–water partition coefficient (Wildman–Crippen LogP) is 4.64. The Kier molecular flexibility index (Phi) is 9.33. The Morgan fingerprint density at radius 2 is 1.80 bits per heavy atom. The van der Waals surface area contributed by atoms with Crippen LogP contribution in [0.2, 0.25) is 0 Å². The topological polar surface area (TPSA) is 173 Å². The summed E-state index contributed by atoms with van der Waals surface area (Å²) in [5.74, 6) is -1.67. The molecule has 2 aromatic heterocycles. The third kappa shape index (κ3) is 7.34. The summed E-state index contributed by atoms with van der Waals surface area (Å²) in [6.07, 6.45) is 6.68. The molecule has 3 aromatic rings. The van der Waals surface area contributed by atoms with Gasteiger partial charge in [0.15, 0.2) is 10.7 Å². The van der Waals surface area contributed by atoms with Gasteiger partial charge in [-0.15, -0.1) is 11.3 Å². The number of hydrogen-bond acceptors (Lipinski definition) is 11. The highest BCUT2D eigenvalue weighted by atomic mass is 32.2. The van der Waals surface area contributed by atoms with Crippen LogP contribution >= 0.6 is 11.3 Å². The van der Waals surface area contributed by atoms with E-state index in [1.54, 1.807) is 12.1 Å². The molecule has 0 bridgehead atoms. The molecule has 2 aliphatic heterocycles. The summed E-state index contributed by atoms with van der Waals surface area (Å²) >= 11 is 1.45. The second-order valence-electron chi connectivity index (χ2n) is 15.3. The molecule has 2 saturated heterocycles. The summed E-state index contributed by atoms with van der Waals surface area (Å²) in [4.78, 5) is 53.3. The smallest absolute Gasteiger partial charge is 0.394 e. The number of anilines is 1. The number of hydrogen-bond donors (Lipinski definition) is 3. The minimum atomic E-state index is -3.82. The number of aromatic nitrogens is 2. The fraction of sp³-hybridized carbons (Fsp3) is 0.629. The summed E-state index contributed by atoms with van der Waals surface area (Å²) in [5.41, 5.74) is 0.595. The number of ether oxygens (including phenoxy) is 1. The summed E-state index contributed by atoms with van der Waals surface area (Å²) in [5, 5.41) is 8.42. The number of sulfonamides is 1. The van der Waals surface area contributed by atoms with Crippen molar-refractivity contribution < 1.29 is 32.0 Å². The van der Waals surface area contributed by atoms with Gasteiger partial charge in [-0.1, -0.05) is 65.0 Å². The van der Waals surface area contributed by atoms with Gasteiger partial charge in [0.25, 0.3) is 5.91 Å². The van der Waals surface area contributed by atoms with E-state index in [9.17, 15) is 22.8 Å². The Hall–Kier alpha value is -3.72. The average Bonchev–Trinajstić information content (AvgIpc) is 3.86. The van der Waals surface area contributed by atoms with Gasteiger partial charge in [0.2, 0.25) is 21.8 Å². The lowest BCUT2D eigenvalue weighted by atomic mass is 9.93. The van der Waals surface area contributed by atoms with Crippen LogP contribution < -0.4 is 20.1 Å². The SMILES string of the molecule is CC(C)(C)c1csc(N[C@H]2CCCCCCC[C@@H]3C[C@@]3(C(=O)NS(=O)(=O)C3CC3)NC(=O)[C@@H]3C[C@@H](Oc4nc5ccccc5o4)CN3C2=O)n1. The molecule has 1 aromatic carbocycles. The first-order valence-corrected chi connectivity index (χ1v) is 20.2. The van der Waals surface area contributed by atoms with Gasteiger partial charge < -0.3 is 24.7 Å². The molecule has 2 aliphatic carbocycles. The molecule has 270 valence electrons. The van der Waals surface area contributed by atoms with Gasteiger partial charge in [-0.25, -0.2) is 13.4 Å². The molecule has 7 rings (SSSR count). The Morgan fingerprint density at radius 3 is 2.52 bits per heavy atom. The standard InChI is InChI=1S/C35H46N6O7S2/c1-34(2,3)28-20-49-32(38-28)36-25-13-8-6-4-5-7-11-21-18-35(21,31(44)40-50(45,46)23-15-16-23)39-29(42)26-17-22(19-41(26)30(25)43)47-33-37-24-12-9-10-14-27(24)48-33/h9-10,12,14,20-23,25-26H,4-8,11,13,15-19H2,1-3H3,(H,36,38)(H,39,42)(H,40,44)/t21-,22-,25+,26+,35-/m1/s1. The molecule has 4 aliphatic rings. The lowest BCUT2D eigenvalue weighted by Gasteiger charge is -2.30. The van der Waals surface area contributed by atoms with Crippen molar-refractivity contribution in [2.75, 3.05) is 11.9 Å². The lowest BCUT2D eigenvalue weighted by Crippen LogP contribution is -2.57. The number of oxazole rings is 1. The molecule has 5 atom stereocenters. The highest BCUT2D eigenvalue weighted by molar-refractivity contribution is 7.91. The number of carbonyl (C=O) groups is 3. The Balaban J connectivity index is 1.17. The van der Waals surface area contributed by atoms with Crippen molar-refractivity contribution in [3.05, 3.63) is 35.3 Å². The van der Waals surface area contributed by atoms with Crippen LogP contribution in [0, 0.1) is 5.92 Å². The fourth-order valence-corrected chi connectivity index (χ4v) is 9.49. The number of fused-ring (bicyclic) bond motifs is 3. The van der Waals surface area contributed by atoms with Crippen LogP contribution in [-0.4, -0.2) is 76.5 Å². The molecule has 4 heterocycles. The summed E-state index contributed by atoms with van der Waals surface area (Å²) in [6.45, 7) is 6.36. The number of benzene rings is 1. The average molecular weight is 727 g/mol. The highest BCUT2D eigenvalue weighted by Crippen LogP contribution is 2.48. The number of nitrogens with zero attached hydrogens (tertiary/aromatic N) is 3. The molecule has 0 spiro atoms. The summed E-state index contributed by atoms with van der Waals surface area (Å²) < 4.78 is 39.8. The van der Waals surface area contributed by atoms with Gasteiger partial charge in [-0.3, -0.25) is 19.1 Å². The minimum Gasteiger partial charge on any atom is -0.445 e. The van der Waals surface area contributed by atoms with Gasteiger partial charge in [0, 0.05) is 17.2 Å². The van der Waals surface area contributed by atoms with E-state index in [2.05, 4.69) is 41.1 Å². The molecule has 13 nitrogen and oxygen atoms in total. The predicted molar refractivity (Wildman–Crippen MR) is 188 cm³/mol. The van der Waals surface area contributed by atoms with Crippen molar-refractivity contribution >= 4 is 55.3 Å². The molecule has 2 saturated carbocycles. The van der Waals surface area contributed by atoms with Crippen LogP contribution in [0.15, 0.2) is 34.1 Å². The Morgan fingerprint density at radius 1 is 1.06 bits per heavy atom.